The zero-order valence-corrected chi connectivity index (χ0v) is 12.8. The summed E-state index contributed by atoms with van der Waals surface area (Å²) in [5.41, 5.74) is 1.82. The Hall–Kier alpha value is -2.47. The molecule has 1 fully saturated rings. The summed E-state index contributed by atoms with van der Waals surface area (Å²) in [6.07, 6.45) is 1.97. The molecule has 120 valence electrons. The van der Waals surface area contributed by atoms with Gasteiger partial charge >= 0.3 is 0 Å². The van der Waals surface area contributed by atoms with Crippen molar-refractivity contribution >= 4 is 17.4 Å². The van der Waals surface area contributed by atoms with Crippen LogP contribution < -0.4 is 15.5 Å². The van der Waals surface area contributed by atoms with Crippen LogP contribution in [0, 0.1) is 5.82 Å². The second kappa shape index (κ2) is 7.19. The summed E-state index contributed by atoms with van der Waals surface area (Å²) in [6.45, 7) is 3.85. The van der Waals surface area contributed by atoms with Crippen LogP contribution in [0.3, 0.4) is 0 Å². The SMILES string of the molecule is O=C(Cc1ccc(F)cc1)Nc1ccc(N2CCNCC2)cn1. The highest BCUT2D eigenvalue weighted by Crippen LogP contribution is 2.15. The van der Waals surface area contributed by atoms with E-state index in [0.29, 0.717) is 5.82 Å². The van der Waals surface area contributed by atoms with Crippen molar-refractivity contribution in [2.45, 2.75) is 6.42 Å². The Morgan fingerprint density at radius 3 is 2.57 bits per heavy atom. The minimum atomic E-state index is -0.306. The summed E-state index contributed by atoms with van der Waals surface area (Å²) >= 11 is 0. The Morgan fingerprint density at radius 2 is 1.91 bits per heavy atom. The van der Waals surface area contributed by atoms with E-state index in [4.69, 9.17) is 0 Å². The van der Waals surface area contributed by atoms with E-state index in [9.17, 15) is 9.18 Å². The number of carbonyl (C=O) groups excluding carboxylic acids is 1. The summed E-state index contributed by atoms with van der Waals surface area (Å²) in [5, 5.41) is 6.07. The van der Waals surface area contributed by atoms with E-state index in [1.165, 1.54) is 12.1 Å². The number of piperazine rings is 1. The Morgan fingerprint density at radius 1 is 1.17 bits per heavy atom. The summed E-state index contributed by atoms with van der Waals surface area (Å²) in [5.74, 6) is 0.0503. The van der Waals surface area contributed by atoms with Gasteiger partial charge in [0.1, 0.15) is 11.6 Å². The molecular weight excluding hydrogens is 295 g/mol. The monoisotopic (exact) mass is 314 g/mol. The molecule has 2 aromatic rings. The zero-order valence-electron chi connectivity index (χ0n) is 12.8. The molecular formula is C17H19FN4O. The van der Waals surface area contributed by atoms with Gasteiger partial charge < -0.3 is 15.5 Å². The van der Waals surface area contributed by atoms with Crippen molar-refractivity contribution in [1.29, 1.82) is 0 Å². The lowest BCUT2D eigenvalue weighted by molar-refractivity contribution is -0.115. The fourth-order valence-corrected chi connectivity index (χ4v) is 2.54. The molecule has 1 aliphatic heterocycles. The second-order valence-corrected chi connectivity index (χ2v) is 5.49. The van der Waals surface area contributed by atoms with Gasteiger partial charge in [-0.15, -0.1) is 0 Å². The number of nitrogens with one attached hydrogen (secondary N) is 2. The van der Waals surface area contributed by atoms with Gasteiger partial charge in [-0.2, -0.15) is 0 Å². The molecule has 0 saturated carbocycles. The lowest BCUT2D eigenvalue weighted by atomic mass is 10.1. The topological polar surface area (TPSA) is 57.3 Å². The predicted molar refractivity (Wildman–Crippen MR) is 88.1 cm³/mol. The number of benzene rings is 1. The van der Waals surface area contributed by atoms with Crippen molar-refractivity contribution in [3.8, 4) is 0 Å². The number of nitrogens with zero attached hydrogens (tertiary/aromatic N) is 2. The smallest absolute Gasteiger partial charge is 0.229 e. The zero-order chi connectivity index (χ0) is 16.1. The van der Waals surface area contributed by atoms with Crippen LogP contribution in [0.15, 0.2) is 42.6 Å². The minimum Gasteiger partial charge on any atom is -0.368 e. The Labute approximate surface area is 134 Å². The number of carbonyl (C=O) groups is 1. The third kappa shape index (κ3) is 4.26. The van der Waals surface area contributed by atoms with Crippen molar-refractivity contribution in [2.75, 3.05) is 36.4 Å². The molecule has 1 aromatic carbocycles. The molecule has 0 spiro atoms. The molecule has 0 aliphatic carbocycles. The highest BCUT2D eigenvalue weighted by molar-refractivity contribution is 5.91. The fraction of sp³-hybridized carbons (Fsp3) is 0.294. The number of aromatic nitrogens is 1. The maximum absolute atomic E-state index is 12.8. The number of rotatable bonds is 4. The molecule has 2 heterocycles. The first-order chi connectivity index (χ1) is 11.2. The van der Waals surface area contributed by atoms with Crippen LogP contribution in [0.2, 0.25) is 0 Å². The van der Waals surface area contributed by atoms with Crippen LogP contribution in [0.1, 0.15) is 5.56 Å². The minimum absolute atomic E-state index is 0.168. The van der Waals surface area contributed by atoms with E-state index in [1.54, 1.807) is 24.4 Å². The first kappa shape index (κ1) is 15.4. The van der Waals surface area contributed by atoms with Crippen LogP contribution in [0.4, 0.5) is 15.9 Å². The molecule has 5 nitrogen and oxygen atoms in total. The highest BCUT2D eigenvalue weighted by Gasteiger charge is 2.11. The number of pyridine rings is 1. The average molecular weight is 314 g/mol. The molecule has 23 heavy (non-hydrogen) atoms. The largest absolute Gasteiger partial charge is 0.368 e. The van der Waals surface area contributed by atoms with E-state index in [-0.39, 0.29) is 18.1 Å². The predicted octanol–water partition coefficient (Wildman–Crippen LogP) is 1.81. The van der Waals surface area contributed by atoms with Gasteiger partial charge in [0, 0.05) is 26.2 Å². The fourth-order valence-electron chi connectivity index (χ4n) is 2.54. The second-order valence-electron chi connectivity index (χ2n) is 5.49. The van der Waals surface area contributed by atoms with Crippen molar-refractivity contribution < 1.29 is 9.18 Å². The van der Waals surface area contributed by atoms with Gasteiger partial charge in [0.25, 0.3) is 0 Å². The van der Waals surface area contributed by atoms with Gasteiger partial charge in [-0.25, -0.2) is 9.37 Å². The van der Waals surface area contributed by atoms with Gasteiger partial charge in [0.2, 0.25) is 5.91 Å². The summed E-state index contributed by atoms with van der Waals surface area (Å²) < 4.78 is 12.8. The standard InChI is InChI=1S/C17H19FN4O/c18-14-3-1-13(2-4-14)11-17(23)21-16-6-5-15(12-20-16)22-9-7-19-8-10-22/h1-6,12,19H,7-11H2,(H,20,21,23). The number of halogens is 1. The van der Waals surface area contributed by atoms with Crippen molar-refractivity contribution in [1.82, 2.24) is 10.3 Å². The molecule has 0 atom stereocenters. The molecule has 2 N–H and O–H groups in total. The van der Waals surface area contributed by atoms with Gasteiger partial charge in [-0.05, 0) is 29.8 Å². The van der Waals surface area contributed by atoms with Gasteiger partial charge in [0.05, 0.1) is 18.3 Å². The number of hydrogen-bond acceptors (Lipinski definition) is 4. The van der Waals surface area contributed by atoms with Crippen LogP contribution >= 0.6 is 0 Å². The first-order valence-corrected chi connectivity index (χ1v) is 7.67. The van der Waals surface area contributed by atoms with Crippen LogP contribution in [0.5, 0.6) is 0 Å². The summed E-state index contributed by atoms with van der Waals surface area (Å²) in [6, 6.07) is 9.68. The van der Waals surface area contributed by atoms with Gasteiger partial charge in [-0.1, -0.05) is 12.1 Å². The molecule has 0 unspecified atom stereocenters. The van der Waals surface area contributed by atoms with E-state index in [1.807, 2.05) is 6.07 Å². The Kier molecular flexibility index (Phi) is 4.83. The maximum atomic E-state index is 12.8. The number of anilines is 2. The maximum Gasteiger partial charge on any atom is 0.229 e. The van der Waals surface area contributed by atoms with Gasteiger partial charge in [0.15, 0.2) is 0 Å². The van der Waals surface area contributed by atoms with Gasteiger partial charge in [-0.3, -0.25) is 4.79 Å². The Balaban J connectivity index is 1.57. The lowest BCUT2D eigenvalue weighted by Crippen LogP contribution is -2.43. The third-order valence-corrected chi connectivity index (χ3v) is 3.78. The van der Waals surface area contributed by atoms with Crippen LogP contribution in [-0.4, -0.2) is 37.1 Å². The molecule has 1 aromatic heterocycles. The number of hydrogen-bond donors (Lipinski definition) is 2. The molecule has 1 aliphatic rings. The van der Waals surface area contributed by atoms with E-state index >= 15 is 0 Å². The van der Waals surface area contributed by atoms with E-state index in [2.05, 4.69) is 20.5 Å². The Bertz CT molecular complexity index is 651. The molecule has 0 bridgehead atoms. The van der Waals surface area contributed by atoms with Crippen molar-refractivity contribution in [2.24, 2.45) is 0 Å². The lowest BCUT2D eigenvalue weighted by Gasteiger charge is -2.29. The molecule has 1 amide bonds. The van der Waals surface area contributed by atoms with Crippen molar-refractivity contribution in [3.05, 3.63) is 54.0 Å². The van der Waals surface area contributed by atoms with Crippen LogP contribution in [-0.2, 0) is 11.2 Å². The molecule has 3 rings (SSSR count). The summed E-state index contributed by atoms with van der Waals surface area (Å²) in [4.78, 5) is 18.5. The molecule has 0 radical (unpaired) electrons. The quantitative estimate of drug-likeness (QED) is 0.904. The highest BCUT2D eigenvalue weighted by atomic mass is 19.1. The number of amides is 1. The normalized spacial score (nSPS) is 14.6. The van der Waals surface area contributed by atoms with E-state index < -0.39 is 0 Å². The molecule has 6 heteroatoms. The summed E-state index contributed by atoms with van der Waals surface area (Å²) in [7, 11) is 0. The first-order valence-electron chi connectivity index (χ1n) is 7.67. The van der Waals surface area contributed by atoms with Crippen LogP contribution in [0.25, 0.3) is 0 Å². The average Bonchev–Trinajstić information content (AvgIpc) is 2.58. The van der Waals surface area contributed by atoms with E-state index in [0.717, 1.165) is 37.4 Å². The van der Waals surface area contributed by atoms with Crippen molar-refractivity contribution in [3.63, 3.8) is 0 Å². The third-order valence-electron chi connectivity index (χ3n) is 3.78. The molecule has 1 saturated heterocycles.